The lowest BCUT2D eigenvalue weighted by atomic mass is 10.9. The second kappa shape index (κ2) is 4.88. The summed E-state index contributed by atoms with van der Waals surface area (Å²) in [6, 6.07) is 0. The molecule has 0 unspecified atom stereocenters. The van der Waals surface area contributed by atoms with Gasteiger partial charge in [0.15, 0.2) is 0 Å². The highest BCUT2D eigenvalue weighted by atomic mass is 14.8. The Labute approximate surface area is 42.3 Å². The van der Waals surface area contributed by atoms with E-state index in [0.29, 0.717) is 0 Å². The van der Waals surface area contributed by atoms with Gasteiger partial charge in [-0.1, -0.05) is 0 Å². The zero-order valence-corrected chi connectivity index (χ0v) is 3.91. The summed E-state index contributed by atoms with van der Waals surface area (Å²) in [5.74, 6) is 0. The van der Waals surface area contributed by atoms with Gasteiger partial charge in [-0.05, 0) is 6.72 Å². The predicted octanol–water partition coefficient (Wildman–Crippen LogP) is 0.145. The van der Waals surface area contributed by atoms with E-state index in [0.717, 1.165) is 0 Å². The smallest absolute Gasteiger partial charge is 0.114 e. The molecule has 2 N–H and O–H groups in total. The molecule has 0 aliphatic heterocycles. The van der Waals surface area contributed by atoms with E-state index in [1.807, 2.05) is 0 Å². The molecule has 0 saturated heterocycles. The summed E-state index contributed by atoms with van der Waals surface area (Å²) in [5.41, 5.74) is 4.91. The van der Waals surface area contributed by atoms with Crippen molar-refractivity contribution in [3.8, 4) is 0 Å². The van der Waals surface area contributed by atoms with Crippen molar-refractivity contribution in [3.63, 3.8) is 0 Å². The second-order valence-electron chi connectivity index (χ2n) is 0.789. The van der Waals surface area contributed by atoms with Crippen molar-refractivity contribution in [1.29, 1.82) is 0 Å². The molecule has 0 fully saturated rings. The number of nitrogens with two attached hydrogens (primary N) is 1. The summed E-state index contributed by atoms with van der Waals surface area (Å²) in [5, 5.41) is 0. The molecule has 38 valence electrons. The molecule has 3 heteroatoms. The van der Waals surface area contributed by atoms with E-state index in [-0.39, 0.29) is 0 Å². The van der Waals surface area contributed by atoms with Gasteiger partial charge in [-0.3, -0.25) is 4.99 Å². The molecular formula is C4H7N3. The second-order valence-corrected chi connectivity index (χ2v) is 0.789. The Morgan fingerprint density at radius 3 is 2.71 bits per heavy atom. The van der Waals surface area contributed by atoms with Crippen LogP contribution in [-0.4, -0.2) is 13.1 Å². The van der Waals surface area contributed by atoms with E-state index < -0.39 is 0 Å². The highest BCUT2D eigenvalue weighted by Crippen LogP contribution is 1.63. The van der Waals surface area contributed by atoms with Crippen LogP contribution in [0.15, 0.2) is 22.4 Å². The van der Waals surface area contributed by atoms with Gasteiger partial charge in [0.05, 0.1) is 0 Å². The molecule has 0 atom stereocenters. The van der Waals surface area contributed by atoms with Gasteiger partial charge < -0.3 is 5.73 Å². The van der Waals surface area contributed by atoms with Crippen molar-refractivity contribution in [2.24, 2.45) is 15.7 Å². The number of hydrogen-bond acceptors (Lipinski definition) is 2. The van der Waals surface area contributed by atoms with Crippen LogP contribution in [-0.2, 0) is 0 Å². The molecule has 0 heterocycles. The average Bonchev–Trinajstić information content (AvgIpc) is 1.69. The van der Waals surface area contributed by atoms with E-state index >= 15 is 0 Å². The highest BCUT2D eigenvalue weighted by Gasteiger charge is 1.52. The lowest BCUT2D eigenvalue weighted by molar-refractivity contribution is 1.48. The van der Waals surface area contributed by atoms with Crippen molar-refractivity contribution in [2.75, 3.05) is 0 Å². The predicted molar refractivity (Wildman–Crippen MR) is 31.4 cm³/mol. The van der Waals surface area contributed by atoms with Gasteiger partial charge in [0, 0.05) is 12.4 Å². The summed E-state index contributed by atoms with van der Waals surface area (Å²) < 4.78 is 0. The lowest BCUT2D eigenvalue weighted by Gasteiger charge is -1.67. The van der Waals surface area contributed by atoms with E-state index in [1.54, 1.807) is 0 Å². The number of aliphatic imine (C=N–C) groups is 2. The Kier molecular flexibility index (Phi) is 4.10. The van der Waals surface area contributed by atoms with Crippen LogP contribution in [0, 0.1) is 0 Å². The summed E-state index contributed by atoms with van der Waals surface area (Å²) in [6.07, 6.45) is 4.06. The first-order chi connectivity index (χ1) is 3.41. The summed E-state index contributed by atoms with van der Waals surface area (Å²) in [4.78, 5) is 6.87. The lowest BCUT2D eigenvalue weighted by Crippen LogP contribution is -1.72. The molecule has 7 heavy (non-hydrogen) atoms. The van der Waals surface area contributed by atoms with Gasteiger partial charge in [0.1, 0.15) is 6.34 Å². The minimum absolute atomic E-state index is 1.31. The third kappa shape index (κ3) is 4.88. The van der Waals surface area contributed by atoms with E-state index in [2.05, 4.69) is 16.7 Å². The monoisotopic (exact) mass is 97.1 g/mol. The largest absolute Gasteiger partial charge is 0.403 e. The van der Waals surface area contributed by atoms with E-state index in [9.17, 15) is 0 Å². The number of hydrogen-bond donors (Lipinski definition) is 1. The zero-order valence-electron chi connectivity index (χ0n) is 3.91. The first kappa shape index (κ1) is 5.88. The molecule has 0 rings (SSSR count). The van der Waals surface area contributed by atoms with Gasteiger partial charge >= 0.3 is 0 Å². The van der Waals surface area contributed by atoms with Crippen molar-refractivity contribution >= 4 is 13.1 Å². The normalized spacial score (nSPS) is 10.9. The van der Waals surface area contributed by atoms with Crippen molar-refractivity contribution in [1.82, 2.24) is 0 Å². The Morgan fingerprint density at radius 2 is 2.29 bits per heavy atom. The molecule has 0 aromatic rings. The van der Waals surface area contributed by atoms with Crippen LogP contribution in [0.25, 0.3) is 0 Å². The summed E-state index contributed by atoms with van der Waals surface area (Å²) in [6.45, 7) is 3.16. The van der Waals surface area contributed by atoms with Gasteiger partial charge in [-0.2, -0.15) is 0 Å². The fourth-order valence-electron chi connectivity index (χ4n) is 0.135. The van der Waals surface area contributed by atoms with Crippen LogP contribution >= 0.6 is 0 Å². The van der Waals surface area contributed by atoms with Gasteiger partial charge in [0.25, 0.3) is 0 Å². The first-order valence-electron chi connectivity index (χ1n) is 1.76. The van der Waals surface area contributed by atoms with Crippen LogP contribution in [0.4, 0.5) is 0 Å². The standard InChI is InChI=1S/C4H7N3/c1-6-4-7-3-2-5/h2-4H,1,5H2/b3-2-,7-4-. The van der Waals surface area contributed by atoms with Gasteiger partial charge in [0.2, 0.25) is 0 Å². The molecule has 0 aliphatic carbocycles. The van der Waals surface area contributed by atoms with E-state index in [1.165, 1.54) is 18.7 Å². The molecule has 0 aromatic heterocycles. The third-order valence-electron chi connectivity index (χ3n) is 0.320. The van der Waals surface area contributed by atoms with Crippen molar-refractivity contribution in [3.05, 3.63) is 12.4 Å². The molecule has 0 radical (unpaired) electrons. The Balaban J connectivity index is 3.27. The fraction of sp³-hybridized carbons (Fsp3) is 0. The molecule has 0 bridgehead atoms. The maximum absolute atomic E-state index is 4.91. The van der Waals surface area contributed by atoms with E-state index in [4.69, 9.17) is 5.73 Å². The van der Waals surface area contributed by atoms with Crippen LogP contribution < -0.4 is 5.73 Å². The van der Waals surface area contributed by atoms with Crippen molar-refractivity contribution < 1.29 is 0 Å². The summed E-state index contributed by atoms with van der Waals surface area (Å²) >= 11 is 0. The SMILES string of the molecule is C=N/C=N\C=C/N. The van der Waals surface area contributed by atoms with Gasteiger partial charge in [-0.25, -0.2) is 4.99 Å². The molecule has 0 aromatic carbocycles. The molecule has 0 aliphatic rings. The highest BCUT2D eigenvalue weighted by molar-refractivity contribution is 5.62. The Bertz CT molecular complexity index is 93.1. The van der Waals surface area contributed by atoms with Crippen LogP contribution in [0.3, 0.4) is 0 Å². The topological polar surface area (TPSA) is 50.7 Å². The minimum atomic E-state index is 1.31. The zero-order chi connectivity index (χ0) is 5.54. The quantitative estimate of drug-likeness (QED) is 0.387. The molecule has 0 amide bonds. The van der Waals surface area contributed by atoms with Crippen LogP contribution in [0.1, 0.15) is 0 Å². The van der Waals surface area contributed by atoms with Crippen LogP contribution in [0.2, 0.25) is 0 Å². The number of nitrogens with zero attached hydrogens (tertiary/aromatic N) is 2. The maximum Gasteiger partial charge on any atom is 0.114 e. The Morgan fingerprint density at radius 1 is 1.57 bits per heavy atom. The average molecular weight is 97.1 g/mol. The van der Waals surface area contributed by atoms with Gasteiger partial charge in [-0.15, -0.1) is 0 Å². The molecular weight excluding hydrogens is 90.1 g/mol. The van der Waals surface area contributed by atoms with Crippen molar-refractivity contribution in [2.45, 2.75) is 0 Å². The van der Waals surface area contributed by atoms with Crippen LogP contribution in [0.5, 0.6) is 0 Å². The fourth-order valence-corrected chi connectivity index (χ4v) is 0.135. The third-order valence-corrected chi connectivity index (χ3v) is 0.320. The first-order valence-corrected chi connectivity index (χ1v) is 1.76. The maximum atomic E-state index is 4.91. The minimum Gasteiger partial charge on any atom is -0.403 e. The molecule has 0 spiro atoms. The molecule has 3 nitrogen and oxygen atoms in total. The Hall–Kier alpha value is -1.12. The number of rotatable bonds is 2. The summed E-state index contributed by atoms with van der Waals surface area (Å²) in [7, 11) is 0. The molecule has 0 saturated carbocycles.